The molecule has 2 N–H and O–H groups in total. The Balaban J connectivity index is 2.04. The molecule has 0 atom stereocenters. The zero-order valence-electron chi connectivity index (χ0n) is 14.3. The van der Waals surface area contributed by atoms with Gasteiger partial charge < -0.3 is 9.84 Å². The summed E-state index contributed by atoms with van der Waals surface area (Å²) in [5, 5.41) is 8.66. The first-order chi connectivity index (χ1) is 13.2. The summed E-state index contributed by atoms with van der Waals surface area (Å²) in [5.41, 5.74) is 0.600. The molecule has 0 fully saturated rings. The van der Waals surface area contributed by atoms with Gasteiger partial charge in [-0.05, 0) is 42.3 Å². The van der Waals surface area contributed by atoms with Gasteiger partial charge in [0.2, 0.25) is 5.06 Å². The van der Waals surface area contributed by atoms with Crippen molar-refractivity contribution in [2.45, 2.75) is 11.8 Å². The van der Waals surface area contributed by atoms with Crippen LogP contribution in [0.15, 0.2) is 53.4 Å². The second-order valence-corrected chi connectivity index (χ2v) is 8.35. The van der Waals surface area contributed by atoms with E-state index in [-0.39, 0.29) is 26.1 Å². The Labute approximate surface area is 163 Å². The summed E-state index contributed by atoms with van der Waals surface area (Å²) in [5.74, 6) is -2.13. The number of ether oxygens (including phenoxy) is 1. The Morgan fingerprint density at radius 1 is 1.11 bits per heavy atom. The highest BCUT2D eigenvalue weighted by Crippen LogP contribution is 2.42. The van der Waals surface area contributed by atoms with Crippen molar-refractivity contribution in [2.24, 2.45) is 0 Å². The number of nitrogens with one attached hydrogen (secondary N) is 1. The molecule has 146 valence electrons. The zero-order chi connectivity index (χ0) is 20.5. The normalized spacial score (nSPS) is 11.2. The van der Waals surface area contributed by atoms with Crippen LogP contribution in [0.25, 0.3) is 10.4 Å². The number of sulfonamides is 1. The van der Waals surface area contributed by atoms with Crippen LogP contribution in [0.4, 0.5) is 19.3 Å². The van der Waals surface area contributed by atoms with Crippen LogP contribution in [-0.2, 0) is 10.0 Å². The first kappa shape index (κ1) is 19.8. The second kappa shape index (κ2) is 7.56. The van der Waals surface area contributed by atoms with Gasteiger partial charge in [-0.2, -0.15) is 0 Å². The van der Waals surface area contributed by atoms with Crippen LogP contribution in [0.5, 0.6) is 5.06 Å². The van der Waals surface area contributed by atoms with Crippen molar-refractivity contribution in [3.05, 3.63) is 65.7 Å². The lowest BCUT2D eigenvalue weighted by molar-refractivity contribution is 0.146. The maximum absolute atomic E-state index is 13.5. The first-order valence-electron chi connectivity index (χ1n) is 7.76. The van der Waals surface area contributed by atoms with E-state index in [9.17, 15) is 22.0 Å². The fourth-order valence-corrected chi connectivity index (χ4v) is 4.77. The smallest absolute Gasteiger partial charge is 0.449 e. The molecule has 0 aliphatic heterocycles. The number of rotatable bonds is 5. The lowest BCUT2D eigenvalue weighted by atomic mass is 10.2. The third-order valence-electron chi connectivity index (χ3n) is 3.71. The third-order valence-corrected chi connectivity index (χ3v) is 6.30. The molecule has 10 heteroatoms. The number of aryl methyl sites for hydroxylation is 1. The van der Waals surface area contributed by atoms with Gasteiger partial charge in [0.15, 0.2) is 11.6 Å². The number of benzene rings is 2. The van der Waals surface area contributed by atoms with E-state index in [2.05, 4.69) is 9.46 Å². The molecule has 0 unspecified atom stereocenters. The number of hydrogen-bond acceptors (Lipinski definition) is 5. The molecule has 1 heterocycles. The summed E-state index contributed by atoms with van der Waals surface area (Å²) in [7, 11) is -4.04. The fraction of sp³-hybridized carbons (Fsp3) is 0.0556. The number of halogens is 2. The predicted molar refractivity (Wildman–Crippen MR) is 100 cm³/mol. The number of carboxylic acid groups (broad SMARTS) is 1. The van der Waals surface area contributed by atoms with Gasteiger partial charge in [-0.3, -0.25) is 4.72 Å². The van der Waals surface area contributed by atoms with Crippen molar-refractivity contribution in [2.75, 3.05) is 4.72 Å². The van der Waals surface area contributed by atoms with E-state index in [1.54, 1.807) is 25.1 Å². The Bertz CT molecular complexity index is 1160. The lowest BCUT2D eigenvalue weighted by Gasteiger charge is -2.10. The van der Waals surface area contributed by atoms with Crippen LogP contribution in [0, 0.1) is 18.6 Å². The number of thiophene rings is 1. The third kappa shape index (κ3) is 4.12. The highest BCUT2D eigenvalue weighted by molar-refractivity contribution is 7.92. The minimum absolute atomic E-state index is 0.0110. The van der Waals surface area contributed by atoms with E-state index in [4.69, 9.17) is 5.11 Å². The SMILES string of the molecule is Cc1ccccc1S(=O)(=O)Nc1cc(-c2ccc(F)c(F)c2)sc1OC(=O)O. The van der Waals surface area contributed by atoms with Gasteiger partial charge in [0.1, 0.15) is 5.69 Å². The Morgan fingerprint density at radius 2 is 1.82 bits per heavy atom. The molecule has 3 aromatic rings. The Hall–Kier alpha value is -2.98. The van der Waals surface area contributed by atoms with Crippen LogP contribution in [-0.4, -0.2) is 19.7 Å². The summed E-state index contributed by atoms with van der Waals surface area (Å²) in [6.07, 6.45) is -1.64. The van der Waals surface area contributed by atoms with E-state index >= 15 is 0 Å². The van der Waals surface area contributed by atoms with Crippen molar-refractivity contribution in [1.29, 1.82) is 0 Å². The van der Waals surface area contributed by atoms with Crippen LogP contribution in [0.3, 0.4) is 0 Å². The minimum Gasteiger partial charge on any atom is -0.449 e. The summed E-state index contributed by atoms with van der Waals surface area (Å²) in [4.78, 5) is 11.3. The molecule has 6 nitrogen and oxygen atoms in total. The summed E-state index contributed by atoms with van der Waals surface area (Å²) < 4.78 is 59.0. The molecular formula is C18H13F2NO5S2. The highest BCUT2D eigenvalue weighted by atomic mass is 32.2. The summed E-state index contributed by atoms with van der Waals surface area (Å²) >= 11 is 0.776. The molecule has 0 amide bonds. The van der Waals surface area contributed by atoms with Crippen molar-refractivity contribution in [3.63, 3.8) is 0 Å². The van der Waals surface area contributed by atoms with Crippen LogP contribution in [0.2, 0.25) is 0 Å². The predicted octanol–water partition coefficient (Wildman–Crippen LogP) is 4.86. The zero-order valence-corrected chi connectivity index (χ0v) is 15.9. The quantitative estimate of drug-likeness (QED) is 0.570. The van der Waals surface area contributed by atoms with Gasteiger partial charge in [-0.1, -0.05) is 35.6 Å². The van der Waals surface area contributed by atoms with E-state index in [0.717, 1.165) is 23.5 Å². The number of hydrogen-bond donors (Lipinski definition) is 2. The fourth-order valence-electron chi connectivity index (χ4n) is 2.45. The van der Waals surface area contributed by atoms with Crippen LogP contribution < -0.4 is 9.46 Å². The largest absolute Gasteiger partial charge is 0.512 e. The molecular weight excluding hydrogens is 412 g/mol. The molecule has 0 radical (unpaired) electrons. The molecule has 3 rings (SSSR count). The monoisotopic (exact) mass is 425 g/mol. The van der Waals surface area contributed by atoms with E-state index in [0.29, 0.717) is 5.56 Å². The molecule has 0 saturated carbocycles. The van der Waals surface area contributed by atoms with E-state index in [1.165, 1.54) is 18.2 Å². The molecule has 0 aliphatic carbocycles. The first-order valence-corrected chi connectivity index (χ1v) is 10.1. The second-order valence-electron chi connectivity index (χ2n) is 5.68. The topological polar surface area (TPSA) is 92.7 Å². The van der Waals surface area contributed by atoms with Gasteiger partial charge in [0.05, 0.1) is 4.90 Å². The van der Waals surface area contributed by atoms with Crippen molar-refractivity contribution >= 4 is 33.2 Å². The van der Waals surface area contributed by atoms with E-state index < -0.39 is 27.8 Å². The number of carbonyl (C=O) groups is 1. The lowest BCUT2D eigenvalue weighted by Crippen LogP contribution is -2.15. The average Bonchev–Trinajstić information content (AvgIpc) is 2.98. The molecule has 0 bridgehead atoms. The molecule has 0 spiro atoms. The minimum atomic E-state index is -4.04. The van der Waals surface area contributed by atoms with Gasteiger partial charge >= 0.3 is 6.16 Å². The number of anilines is 1. The maximum Gasteiger partial charge on any atom is 0.512 e. The molecule has 0 aliphatic rings. The van der Waals surface area contributed by atoms with Gasteiger partial charge in [0, 0.05) is 4.88 Å². The van der Waals surface area contributed by atoms with Crippen LogP contribution in [0.1, 0.15) is 5.56 Å². The van der Waals surface area contributed by atoms with Gasteiger partial charge in [0.25, 0.3) is 10.0 Å². The maximum atomic E-state index is 13.5. The summed E-state index contributed by atoms with van der Waals surface area (Å²) in [6.45, 7) is 1.61. The molecule has 28 heavy (non-hydrogen) atoms. The van der Waals surface area contributed by atoms with Crippen LogP contribution >= 0.6 is 11.3 Å². The van der Waals surface area contributed by atoms with E-state index in [1.807, 2.05) is 0 Å². The molecule has 1 aromatic heterocycles. The highest BCUT2D eigenvalue weighted by Gasteiger charge is 2.22. The van der Waals surface area contributed by atoms with Crippen molar-refractivity contribution in [1.82, 2.24) is 0 Å². The Morgan fingerprint density at radius 3 is 2.46 bits per heavy atom. The molecule has 2 aromatic carbocycles. The Kier molecular flexibility index (Phi) is 5.34. The standard InChI is InChI=1S/C18H13F2NO5S2/c1-10-4-2-3-5-16(10)28(24,25)21-14-9-15(27-17(14)26-18(22)23)11-6-7-12(19)13(20)8-11/h2-9,21H,1H3,(H,22,23). The average molecular weight is 425 g/mol. The van der Waals surface area contributed by atoms with Crippen molar-refractivity contribution in [3.8, 4) is 15.5 Å². The molecule has 0 saturated heterocycles. The van der Waals surface area contributed by atoms with Gasteiger partial charge in [-0.15, -0.1) is 0 Å². The van der Waals surface area contributed by atoms with Crippen molar-refractivity contribution < 1.29 is 31.8 Å². The van der Waals surface area contributed by atoms with Gasteiger partial charge in [-0.25, -0.2) is 22.0 Å². The summed E-state index contributed by atoms with van der Waals surface area (Å²) in [6, 6.07) is 10.7.